The summed E-state index contributed by atoms with van der Waals surface area (Å²) in [5.74, 6) is 2.91. The first-order chi connectivity index (χ1) is 9.19. The summed E-state index contributed by atoms with van der Waals surface area (Å²) in [5, 5.41) is 3.16. The Morgan fingerprint density at radius 2 is 1.89 bits per heavy atom. The summed E-state index contributed by atoms with van der Waals surface area (Å²) in [6.07, 6.45) is 9.78. The molecule has 0 aromatic carbocycles. The molecule has 3 nitrogen and oxygen atoms in total. The molecule has 1 N–H and O–H groups in total. The summed E-state index contributed by atoms with van der Waals surface area (Å²) < 4.78 is 0. The number of rotatable bonds is 5. The molecule has 1 aliphatic heterocycles. The Kier molecular flexibility index (Phi) is 4.11. The van der Waals surface area contributed by atoms with Crippen molar-refractivity contribution >= 4 is 5.91 Å². The fourth-order valence-electron chi connectivity index (χ4n) is 3.88. The van der Waals surface area contributed by atoms with Crippen molar-refractivity contribution < 1.29 is 4.79 Å². The molecule has 3 aliphatic rings. The Morgan fingerprint density at radius 3 is 2.47 bits per heavy atom. The normalized spacial score (nSPS) is 32.9. The summed E-state index contributed by atoms with van der Waals surface area (Å²) in [4.78, 5) is 14.0. The van der Waals surface area contributed by atoms with E-state index < -0.39 is 0 Å². The average Bonchev–Trinajstić information content (AvgIpc) is 3.06. The van der Waals surface area contributed by atoms with Crippen molar-refractivity contribution in [1.82, 2.24) is 10.2 Å². The third-order valence-corrected chi connectivity index (χ3v) is 5.12. The highest BCUT2D eigenvalue weighted by molar-refractivity contribution is 5.73. The lowest BCUT2D eigenvalue weighted by Crippen LogP contribution is -2.51. The number of carbonyl (C=O) groups excluding carboxylic acids is 1. The van der Waals surface area contributed by atoms with Gasteiger partial charge in [-0.2, -0.15) is 0 Å². The van der Waals surface area contributed by atoms with Crippen LogP contribution in [0.4, 0.5) is 0 Å². The average molecular weight is 264 g/mol. The van der Waals surface area contributed by atoms with Crippen LogP contribution in [0.5, 0.6) is 0 Å². The number of piperidine rings is 1. The molecule has 1 saturated heterocycles. The molecule has 1 heterocycles. The van der Waals surface area contributed by atoms with E-state index in [1.54, 1.807) is 6.92 Å². The Bertz CT molecular complexity index is 323. The molecule has 3 heteroatoms. The van der Waals surface area contributed by atoms with Crippen molar-refractivity contribution in [2.75, 3.05) is 19.6 Å². The smallest absolute Gasteiger partial charge is 0.217 e. The number of carbonyl (C=O) groups is 1. The molecule has 0 bridgehead atoms. The third-order valence-electron chi connectivity index (χ3n) is 5.12. The van der Waals surface area contributed by atoms with Crippen LogP contribution in [0.25, 0.3) is 0 Å². The van der Waals surface area contributed by atoms with Crippen LogP contribution in [-0.2, 0) is 4.79 Å². The Labute approximate surface area is 117 Å². The zero-order chi connectivity index (χ0) is 13.2. The molecule has 0 aromatic heterocycles. The van der Waals surface area contributed by atoms with E-state index in [-0.39, 0.29) is 5.91 Å². The minimum atomic E-state index is 0.140. The minimum absolute atomic E-state index is 0.140. The predicted octanol–water partition coefficient (Wildman–Crippen LogP) is 2.41. The molecule has 3 rings (SSSR count). The minimum Gasteiger partial charge on any atom is -0.352 e. The molecule has 1 amide bonds. The van der Waals surface area contributed by atoms with E-state index in [1.807, 2.05) is 0 Å². The number of nitrogens with zero attached hydrogens (tertiary/aromatic N) is 1. The lowest BCUT2D eigenvalue weighted by atomic mass is 9.83. The van der Waals surface area contributed by atoms with Crippen LogP contribution in [-0.4, -0.2) is 36.5 Å². The Balaban J connectivity index is 1.53. The third kappa shape index (κ3) is 3.95. The number of hydrogen-bond donors (Lipinski definition) is 1. The van der Waals surface area contributed by atoms with Crippen LogP contribution in [0, 0.1) is 17.8 Å². The van der Waals surface area contributed by atoms with Crippen molar-refractivity contribution in [3.8, 4) is 0 Å². The van der Waals surface area contributed by atoms with Gasteiger partial charge in [0.15, 0.2) is 0 Å². The molecule has 3 fully saturated rings. The van der Waals surface area contributed by atoms with Gasteiger partial charge < -0.3 is 10.2 Å². The molecule has 2 atom stereocenters. The molecular weight excluding hydrogens is 236 g/mol. The predicted molar refractivity (Wildman–Crippen MR) is 76.8 cm³/mol. The summed E-state index contributed by atoms with van der Waals surface area (Å²) in [7, 11) is 0. The molecule has 0 radical (unpaired) electrons. The molecule has 19 heavy (non-hydrogen) atoms. The van der Waals surface area contributed by atoms with Crippen molar-refractivity contribution in [3.63, 3.8) is 0 Å². The monoisotopic (exact) mass is 264 g/mol. The lowest BCUT2D eigenvalue weighted by molar-refractivity contribution is -0.120. The molecule has 0 aromatic rings. The molecule has 108 valence electrons. The summed E-state index contributed by atoms with van der Waals surface area (Å²) in [5.41, 5.74) is 0. The van der Waals surface area contributed by atoms with Gasteiger partial charge in [0.05, 0.1) is 0 Å². The zero-order valence-electron chi connectivity index (χ0n) is 12.2. The SMILES string of the molecule is CC(=O)NC1CC(CC2CC2)CN(CC2CCC2)C1. The van der Waals surface area contributed by atoms with Gasteiger partial charge >= 0.3 is 0 Å². The Hall–Kier alpha value is -0.570. The first kappa shape index (κ1) is 13.4. The van der Waals surface area contributed by atoms with Crippen LogP contribution in [0.3, 0.4) is 0 Å². The topological polar surface area (TPSA) is 32.3 Å². The quantitative estimate of drug-likeness (QED) is 0.827. The van der Waals surface area contributed by atoms with E-state index in [0.717, 1.165) is 24.3 Å². The van der Waals surface area contributed by atoms with Crippen LogP contribution < -0.4 is 5.32 Å². The Morgan fingerprint density at radius 1 is 1.11 bits per heavy atom. The maximum atomic E-state index is 11.3. The van der Waals surface area contributed by atoms with Gasteiger partial charge in [-0.15, -0.1) is 0 Å². The van der Waals surface area contributed by atoms with Gasteiger partial charge in [-0.1, -0.05) is 19.3 Å². The van der Waals surface area contributed by atoms with Crippen molar-refractivity contribution in [2.24, 2.45) is 17.8 Å². The van der Waals surface area contributed by atoms with Crippen LogP contribution in [0.15, 0.2) is 0 Å². The second-order valence-electron chi connectivity index (χ2n) is 7.19. The summed E-state index contributed by atoms with van der Waals surface area (Å²) in [6, 6.07) is 0.398. The molecule has 2 saturated carbocycles. The number of hydrogen-bond acceptors (Lipinski definition) is 2. The molecule has 2 aliphatic carbocycles. The van der Waals surface area contributed by atoms with Gasteiger partial charge in [-0.25, -0.2) is 0 Å². The van der Waals surface area contributed by atoms with Crippen molar-refractivity contribution in [2.45, 2.75) is 57.9 Å². The van der Waals surface area contributed by atoms with E-state index in [1.165, 1.54) is 58.0 Å². The molecule has 0 spiro atoms. The van der Waals surface area contributed by atoms with Crippen LogP contribution in [0.1, 0.15) is 51.9 Å². The van der Waals surface area contributed by atoms with Gasteiger partial charge in [0.2, 0.25) is 5.91 Å². The largest absolute Gasteiger partial charge is 0.352 e. The highest BCUT2D eigenvalue weighted by Gasteiger charge is 2.33. The second-order valence-corrected chi connectivity index (χ2v) is 7.19. The summed E-state index contributed by atoms with van der Waals surface area (Å²) >= 11 is 0. The summed E-state index contributed by atoms with van der Waals surface area (Å²) in [6.45, 7) is 5.29. The molecular formula is C16H28N2O. The van der Waals surface area contributed by atoms with Gasteiger partial charge in [0, 0.05) is 32.6 Å². The van der Waals surface area contributed by atoms with Crippen molar-refractivity contribution in [3.05, 3.63) is 0 Å². The standard InChI is InChI=1S/C16H28N2O/c1-12(19)17-16-8-15(7-13-5-6-13)10-18(11-16)9-14-3-2-4-14/h13-16H,2-11H2,1H3,(H,17,19). The first-order valence-electron chi connectivity index (χ1n) is 8.18. The number of amides is 1. The highest BCUT2D eigenvalue weighted by Crippen LogP contribution is 2.38. The van der Waals surface area contributed by atoms with E-state index in [0.29, 0.717) is 6.04 Å². The van der Waals surface area contributed by atoms with Crippen LogP contribution >= 0.6 is 0 Å². The van der Waals surface area contributed by atoms with Gasteiger partial charge in [-0.05, 0) is 43.4 Å². The number of nitrogens with one attached hydrogen (secondary N) is 1. The van der Waals surface area contributed by atoms with E-state index in [9.17, 15) is 4.79 Å². The maximum absolute atomic E-state index is 11.3. The fourth-order valence-corrected chi connectivity index (χ4v) is 3.88. The number of likely N-dealkylation sites (tertiary alicyclic amines) is 1. The van der Waals surface area contributed by atoms with Gasteiger partial charge in [0.25, 0.3) is 0 Å². The zero-order valence-corrected chi connectivity index (χ0v) is 12.2. The van der Waals surface area contributed by atoms with E-state index >= 15 is 0 Å². The van der Waals surface area contributed by atoms with Gasteiger partial charge in [-0.3, -0.25) is 4.79 Å². The maximum Gasteiger partial charge on any atom is 0.217 e. The highest BCUT2D eigenvalue weighted by atomic mass is 16.1. The van der Waals surface area contributed by atoms with E-state index in [4.69, 9.17) is 0 Å². The van der Waals surface area contributed by atoms with Gasteiger partial charge in [0.1, 0.15) is 0 Å². The van der Waals surface area contributed by atoms with E-state index in [2.05, 4.69) is 10.2 Å². The first-order valence-corrected chi connectivity index (χ1v) is 8.18. The van der Waals surface area contributed by atoms with Crippen molar-refractivity contribution in [1.29, 1.82) is 0 Å². The molecule has 2 unspecified atom stereocenters. The lowest BCUT2D eigenvalue weighted by Gasteiger charge is -2.41. The second kappa shape index (κ2) is 5.82. The fraction of sp³-hybridized carbons (Fsp3) is 0.938. The van der Waals surface area contributed by atoms with Crippen LogP contribution in [0.2, 0.25) is 0 Å².